The van der Waals surface area contributed by atoms with Crippen molar-refractivity contribution in [1.82, 2.24) is 5.32 Å². The van der Waals surface area contributed by atoms with E-state index in [-0.39, 0.29) is 0 Å². The second-order valence-electron chi connectivity index (χ2n) is 3.09. The first-order chi connectivity index (χ1) is 7.13. The van der Waals surface area contributed by atoms with Gasteiger partial charge in [-0.3, -0.25) is 9.59 Å². The standard InChI is InChI=1S/C11H13NO2S/c1-8(13)11(14)12-7-9-3-5-10(15-2)6-4-9/h3-6H,7H2,1-2H3,(H,12,14). The van der Waals surface area contributed by atoms with Gasteiger partial charge >= 0.3 is 0 Å². The Kier molecular flexibility index (Phi) is 4.37. The molecule has 1 rings (SSSR count). The van der Waals surface area contributed by atoms with E-state index >= 15 is 0 Å². The summed E-state index contributed by atoms with van der Waals surface area (Å²) in [6.07, 6.45) is 2.01. The summed E-state index contributed by atoms with van der Waals surface area (Å²) in [5, 5.41) is 2.54. The molecule has 1 N–H and O–H groups in total. The Morgan fingerprint density at radius 3 is 2.33 bits per heavy atom. The molecule has 1 aromatic rings. The number of amides is 1. The van der Waals surface area contributed by atoms with Crippen LogP contribution in [-0.2, 0) is 16.1 Å². The molecule has 0 bridgehead atoms. The van der Waals surface area contributed by atoms with E-state index in [9.17, 15) is 9.59 Å². The van der Waals surface area contributed by atoms with Crippen LogP contribution in [0.25, 0.3) is 0 Å². The molecule has 15 heavy (non-hydrogen) atoms. The number of nitrogens with one attached hydrogen (secondary N) is 1. The Morgan fingerprint density at radius 2 is 1.87 bits per heavy atom. The molecule has 3 nitrogen and oxygen atoms in total. The van der Waals surface area contributed by atoms with Gasteiger partial charge in [0.2, 0.25) is 5.78 Å². The van der Waals surface area contributed by atoms with E-state index in [4.69, 9.17) is 0 Å². The van der Waals surface area contributed by atoms with E-state index in [1.165, 1.54) is 11.8 Å². The van der Waals surface area contributed by atoms with E-state index < -0.39 is 11.7 Å². The lowest BCUT2D eigenvalue weighted by molar-refractivity contribution is -0.136. The van der Waals surface area contributed by atoms with Crippen LogP contribution in [0.15, 0.2) is 29.2 Å². The van der Waals surface area contributed by atoms with Crippen molar-refractivity contribution in [2.45, 2.75) is 18.4 Å². The third-order valence-electron chi connectivity index (χ3n) is 1.93. The maximum atomic E-state index is 11.0. The van der Waals surface area contributed by atoms with Crippen molar-refractivity contribution in [3.63, 3.8) is 0 Å². The summed E-state index contributed by atoms with van der Waals surface area (Å²) in [5.41, 5.74) is 0.988. The van der Waals surface area contributed by atoms with Crippen molar-refractivity contribution in [3.8, 4) is 0 Å². The van der Waals surface area contributed by atoms with Crippen LogP contribution in [-0.4, -0.2) is 17.9 Å². The number of thioether (sulfide) groups is 1. The molecule has 0 heterocycles. The van der Waals surface area contributed by atoms with Crippen LogP contribution in [0, 0.1) is 0 Å². The molecule has 1 aromatic carbocycles. The molecule has 0 saturated carbocycles. The molecule has 0 aliphatic heterocycles. The predicted molar refractivity (Wildman–Crippen MR) is 60.8 cm³/mol. The maximum absolute atomic E-state index is 11.0. The molecule has 1 amide bonds. The summed E-state index contributed by atoms with van der Waals surface area (Å²) in [4.78, 5) is 22.8. The minimum absolute atomic E-state index is 0.396. The zero-order chi connectivity index (χ0) is 11.3. The van der Waals surface area contributed by atoms with Crippen molar-refractivity contribution in [2.24, 2.45) is 0 Å². The first kappa shape index (κ1) is 11.8. The average molecular weight is 223 g/mol. The summed E-state index contributed by atoms with van der Waals surface area (Å²) in [6.45, 7) is 1.65. The van der Waals surface area contributed by atoms with E-state index in [1.54, 1.807) is 11.8 Å². The summed E-state index contributed by atoms with van der Waals surface area (Å²) in [7, 11) is 0. The largest absolute Gasteiger partial charge is 0.345 e. The highest BCUT2D eigenvalue weighted by atomic mass is 32.2. The number of ketones is 1. The van der Waals surface area contributed by atoms with E-state index in [0.717, 1.165) is 5.56 Å². The van der Waals surface area contributed by atoms with E-state index in [1.807, 2.05) is 30.5 Å². The van der Waals surface area contributed by atoms with Gasteiger partial charge in [0, 0.05) is 18.4 Å². The van der Waals surface area contributed by atoms with Crippen LogP contribution in [0.5, 0.6) is 0 Å². The van der Waals surface area contributed by atoms with Crippen LogP contribution in [0.4, 0.5) is 0 Å². The Balaban J connectivity index is 2.51. The lowest BCUT2D eigenvalue weighted by Gasteiger charge is -2.03. The smallest absolute Gasteiger partial charge is 0.287 e. The molecule has 0 aromatic heterocycles. The fourth-order valence-electron chi connectivity index (χ4n) is 1.05. The molecule has 0 unspecified atom stereocenters. The number of hydrogen-bond donors (Lipinski definition) is 1. The normalized spacial score (nSPS) is 9.73. The van der Waals surface area contributed by atoms with Crippen LogP contribution in [0.3, 0.4) is 0 Å². The second-order valence-corrected chi connectivity index (χ2v) is 3.97. The van der Waals surface area contributed by atoms with Gasteiger partial charge in [-0.05, 0) is 24.0 Å². The third-order valence-corrected chi connectivity index (χ3v) is 2.68. The Labute approximate surface area is 93.3 Å². The molecule has 0 fully saturated rings. The summed E-state index contributed by atoms with van der Waals surface area (Å²) >= 11 is 1.67. The lowest BCUT2D eigenvalue weighted by Crippen LogP contribution is -2.28. The van der Waals surface area contributed by atoms with Crippen molar-refractivity contribution < 1.29 is 9.59 Å². The highest BCUT2D eigenvalue weighted by Gasteiger charge is 2.05. The highest BCUT2D eigenvalue weighted by molar-refractivity contribution is 7.98. The van der Waals surface area contributed by atoms with Gasteiger partial charge in [0.15, 0.2) is 0 Å². The number of benzene rings is 1. The maximum Gasteiger partial charge on any atom is 0.287 e. The molecule has 0 aliphatic rings. The molecule has 80 valence electrons. The number of hydrogen-bond acceptors (Lipinski definition) is 3. The summed E-state index contributed by atoms with van der Waals surface area (Å²) in [5.74, 6) is -1.00. The molecule has 0 aliphatic carbocycles. The van der Waals surface area contributed by atoms with Gasteiger partial charge in [-0.15, -0.1) is 11.8 Å². The van der Waals surface area contributed by atoms with Gasteiger partial charge in [-0.1, -0.05) is 12.1 Å². The average Bonchev–Trinajstić information content (AvgIpc) is 2.26. The van der Waals surface area contributed by atoms with Gasteiger partial charge in [-0.25, -0.2) is 0 Å². The molecule has 0 saturated heterocycles. The summed E-state index contributed by atoms with van der Waals surface area (Å²) < 4.78 is 0. The van der Waals surface area contributed by atoms with Gasteiger partial charge < -0.3 is 5.32 Å². The summed E-state index contributed by atoms with van der Waals surface area (Å²) in [6, 6.07) is 7.85. The van der Waals surface area contributed by atoms with Crippen LogP contribution >= 0.6 is 11.8 Å². The monoisotopic (exact) mass is 223 g/mol. The molecule has 0 atom stereocenters. The molecule has 0 spiro atoms. The van der Waals surface area contributed by atoms with Crippen molar-refractivity contribution in [2.75, 3.05) is 6.26 Å². The number of Topliss-reactive ketones (excluding diaryl/α,β-unsaturated/α-hetero) is 1. The third kappa shape index (κ3) is 3.75. The molecular weight excluding hydrogens is 210 g/mol. The van der Waals surface area contributed by atoms with E-state index in [0.29, 0.717) is 6.54 Å². The Morgan fingerprint density at radius 1 is 1.27 bits per heavy atom. The Hall–Kier alpha value is -1.29. The minimum atomic E-state index is -0.538. The van der Waals surface area contributed by atoms with Gasteiger partial charge in [0.25, 0.3) is 5.91 Å². The van der Waals surface area contributed by atoms with Crippen molar-refractivity contribution in [3.05, 3.63) is 29.8 Å². The van der Waals surface area contributed by atoms with Crippen molar-refractivity contribution in [1.29, 1.82) is 0 Å². The van der Waals surface area contributed by atoms with Crippen LogP contribution in [0.1, 0.15) is 12.5 Å². The van der Waals surface area contributed by atoms with Crippen molar-refractivity contribution >= 4 is 23.5 Å². The zero-order valence-electron chi connectivity index (χ0n) is 8.74. The quantitative estimate of drug-likeness (QED) is 0.623. The fourth-order valence-corrected chi connectivity index (χ4v) is 1.46. The van der Waals surface area contributed by atoms with Gasteiger partial charge in [0.1, 0.15) is 0 Å². The molecule has 0 radical (unpaired) electrons. The van der Waals surface area contributed by atoms with Crippen LogP contribution in [0.2, 0.25) is 0 Å². The first-order valence-electron chi connectivity index (χ1n) is 4.55. The SMILES string of the molecule is CSc1ccc(CNC(=O)C(C)=O)cc1. The predicted octanol–water partition coefficient (Wildman–Crippen LogP) is 1.61. The number of carbonyl (C=O) groups excluding carboxylic acids is 2. The Bertz CT molecular complexity index is 359. The minimum Gasteiger partial charge on any atom is -0.345 e. The van der Waals surface area contributed by atoms with E-state index in [2.05, 4.69) is 5.32 Å². The van der Waals surface area contributed by atoms with Gasteiger partial charge in [0.05, 0.1) is 0 Å². The van der Waals surface area contributed by atoms with Gasteiger partial charge in [-0.2, -0.15) is 0 Å². The topological polar surface area (TPSA) is 46.2 Å². The fraction of sp³-hybridized carbons (Fsp3) is 0.273. The number of carbonyl (C=O) groups is 2. The lowest BCUT2D eigenvalue weighted by atomic mass is 10.2. The number of rotatable bonds is 4. The first-order valence-corrected chi connectivity index (χ1v) is 5.77. The highest BCUT2D eigenvalue weighted by Crippen LogP contribution is 2.14. The van der Waals surface area contributed by atoms with Crippen LogP contribution < -0.4 is 5.32 Å². The second kappa shape index (κ2) is 5.56. The zero-order valence-corrected chi connectivity index (χ0v) is 9.56. The molecule has 4 heteroatoms. The molecular formula is C11H13NO2S.